The van der Waals surface area contributed by atoms with Crippen LogP contribution in [0.5, 0.6) is 5.75 Å². The van der Waals surface area contributed by atoms with Gasteiger partial charge in [0.2, 0.25) is 0 Å². The summed E-state index contributed by atoms with van der Waals surface area (Å²) in [6.45, 7) is 6.24. The largest absolute Gasteiger partial charge is 0.496 e. The van der Waals surface area contributed by atoms with Crippen molar-refractivity contribution in [2.75, 3.05) is 12.8 Å². The zero-order valence-corrected chi connectivity index (χ0v) is 11.6. The van der Waals surface area contributed by atoms with E-state index in [0.717, 1.165) is 22.4 Å². The highest BCUT2D eigenvalue weighted by Gasteiger charge is 2.15. The molecule has 5 nitrogen and oxygen atoms in total. The number of nitrogen functional groups attached to an aromatic ring is 1. The average molecular weight is 258 g/mol. The number of methoxy groups -OCH3 is 1. The van der Waals surface area contributed by atoms with Gasteiger partial charge in [0.1, 0.15) is 17.8 Å². The van der Waals surface area contributed by atoms with Crippen molar-refractivity contribution in [1.82, 2.24) is 15.2 Å². The number of ether oxygens (including phenoxy) is 1. The highest BCUT2D eigenvalue weighted by Crippen LogP contribution is 2.34. The van der Waals surface area contributed by atoms with Gasteiger partial charge in [-0.2, -0.15) is 0 Å². The molecule has 0 bridgehead atoms. The molecule has 0 atom stereocenters. The predicted molar refractivity (Wildman–Crippen MR) is 75.1 cm³/mol. The van der Waals surface area contributed by atoms with Gasteiger partial charge in [-0.05, 0) is 36.1 Å². The number of nitrogens with two attached hydrogens (primary N) is 1. The molecule has 0 aliphatic rings. The fourth-order valence-corrected chi connectivity index (χ4v) is 2.06. The van der Waals surface area contributed by atoms with Gasteiger partial charge in [-0.25, -0.2) is 4.98 Å². The van der Waals surface area contributed by atoms with Crippen molar-refractivity contribution < 1.29 is 4.74 Å². The number of aryl methyl sites for hydroxylation is 1. The van der Waals surface area contributed by atoms with Gasteiger partial charge < -0.3 is 10.5 Å². The van der Waals surface area contributed by atoms with Crippen molar-refractivity contribution >= 4 is 5.82 Å². The molecule has 5 heteroatoms. The number of hydrogen-bond acceptors (Lipinski definition) is 5. The van der Waals surface area contributed by atoms with Crippen molar-refractivity contribution in [3.05, 3.63) is 29.6 Å². The van der Waals surface area contributed by atoms with Crippen LogP contribution in [0.2, 0.25) is 0 Å². The highest BCUT2D eigenvalue weighted by atomic mass is 16.5. The summed E-state index contributed by atoms with van der Waals surface area (Å²) in [4.78, 5) is 3.99. The van der Waals surface area contributed by atoms with Crippen LogP contribution in [0, 0.1) is 6.92 Å². The second kappa shape index (κ2) is 5.22. The number of anilines is 1. The van der Waals surface area contributed by atoms with Crippen molar-refractivity contribution in [2.24, 2.45) is 0 Å². The summed E-state index contributed by atoms with van der Waals surface area (Å²) in [5.41, 5.74) is 9.59. The number of benzene rings is 1. The quantitative estimate of drug-likeness (QED) is 0.915. The van der Waals surface area contributed by atoms with Crippen LogP contribution in [0.15, 0.2) is 18.5 Å². The van der Waals surface area contributed by atoms with Crippen LogP contribution in [0.4, 0.5) is 5.82 Å². The van der Waals surface area contributed by atoms with Crippen LogP contribution in [0.1, 0.15) is 30.9 Å². The molecule has 2 rings (SSSR count). The van der Waals surface area contributed by atoms with E-state index in [0.29, 0.717) is 17.4 Å². The maximum absolute atomic E-state index is 5.87. The molecule has 1 aromatic carbocycles. The second-order valence-corrected chi connectivity index (χ2v) is 4.76. The Hall–Kier alpha value is -2.17. The normalized spacial score (nSPS) is 10.8. The molecular weight excluding hydrogens is 240 g/mol. The Morgan fingerprint density at radius 2 is 2.00 bits per heavy atom. The van der Waals surface area contributed by atoms with E-state index in [1.54, 1.807) is 7.11 Å². The zero-order valence-electron chi connectivity index (χ0n) is 11.6. The first-order valence-electron chi connectivity index (χ1n) is 6.16. The monoisotopic (exact) mass is 258 g/mol. The molecule has 0 radical (unpaired) electrons. The first-order valence-corrected chi connectivity index (χ1v) is 6.16. The van der Waals surface area contributed by atoms with Gasteiger partial charge >= 0.3 is 0 Å². The first kappa shape index (κ1) is 13.3. The molecule has 0 aliphatic carbocycles. The van der Waals surface area contributed by atoms with E-state index in [1.807, 2.05) is 13.0 Å². The minimum absolute atomic E-state index is 0.347. The molecule has 100 valence electrons. The third kappa shape index (κ3) is 2.50. The minimum Gasteiger partial charge on any atom is -0.496 e. The molecule has 0 unspecified atom stereocenters. The van der Waals surface area contributed by atoms with E-state index >= 15 is 0 Å². The number of nitrogens with zero attached hydrogens (tertiary/aromatic N) is 3. The van der Waals surface area contributed by atoms with E-state index in [1.165, 1.54) is 6.33 Å². The van der Waals surface area contributed by atoms with Gasteiger partial charge in [-0.15, -0.1) is 10.2 Å². The number of rotatable bonds is 3. The third-order valence-corrected chi connectivity index (χ3v) is 3.10. The first-order chi connectivity index (χ1) is 9.04. The summed E-state index contributed by atoms with van der Waals surface area (Å²) in [6.07, 6.45) is 1.35. The molecule has 0 amide bonds. The van der Waals surface area contributed by atoms with Crippen LogP contribution in [-0.4, -0.2) is 22.3 Å². The molecule has 0 saturated carbocycles. The highest BCUT2D eigenvalue weighted by molar-refractivity contribution is 5.73. The van der Waals surface area contributed by atoms with Crippen molar-refractivity contribution in [3.8, 4) is 17.0 Å². The molecule has 2 aromatic rings. The standard InChI is InChI=1S/C14H18N4O/c1-8(2)10-6-11(9(3)5-12(10)19-4)13-14(15)16-7-17-18-13/h5-8H,1-4H3,(H2,15,16,17). The minimum atomic E-state index is 0.347. The molecule has 0 fully saturated rings. The van der Waals surface area contributed by atoms with Gasteiger partial charge in [0.15, 0.2) is 5.82 Å². The van der Waals surface area contributed by atoms with Crippen molar-refractivity contribution in [3.63, 3.8) is 0 Å². The Kier molecular flexibility index (Phi) is 3.64. The van der Waals surface area contributed by atoms with Crippen molar-refractivity contribution in [2.45, 2.75) is 26.7 Å². The van der Waals surface area contributed by atoms with Crippen LogP contribution in [-0.2, 0) is 0 Å². The zero-order chi connectivity index (χ0) is 14.0. The third-order valence-electron chi connectivity index (χ3n) is 3.10. The maximum atomic E-state index is 5.87. The van der Waals surface area contributed by atoms with E-state index in [9.17, 15) is 0 Å². The molecule has 2 N–H and O–H groups in total. The van der Waals surface area contributed by atoms with Crippen LogP contribution in [0.25, 0.3) is 11.3 Å². The molecule has 1 aromatic heterocycles. The van der Waals surface area contributed by atoms with Gasteiger partial charge in [0, 0.05) is 5.56 Å². The summed E-state index contributed by atoms with van der Waals surface area (Å²) in [6, 6.07) is 4.06. The fraction of sp³-hybridized carbons (Fsp3) is 0.357. The molecule has 1 heterocycles. The Balaban J connectivity index is 2.65. The fourth-order valence-electron chi connectivity index (χ4n) is 2.06. The molecular formula is C14H18N4O. The van der Waals surface area contributed by atoms with Crippen LogP contribution < -0.4 is 10.5 Å². The SMILES string of the molecule is COc1cc(C)c(-c2nncnc2N)cc1C(C)C. The summed E-state index contributed by atoms with van der Waals surface area (Å²) in [7, 11) is 1.68. The van der Waals surface area contributed by atoms with Gasteiger partial charge in [0.05, 0.1) is 7.11 Å². The van der Waals surface area contributed by atoms with Crippen LogP contribution >= 0.6 is 0 Å². The summed E-state index contributed by atoms with van der Waals surface area (Å²) in [5, 5.41) is 7.89. The Labute approximate surface area is 112 Å². The Bertz CT molecular complexity index is 596. The van der Waals surface area contributed by atoms with Crippen LogP contribution in [0.3, 0.4) is 0 Å². The Morgan fingerprint density at radius 1 is 1.26 bits per heavy atom. The smallest absolute Gasteiger partial charge is 0.153 e. The topological polar surface area (TPSA) is 73.9 Å². The summed E-state index contributed by atoms with van der Waals surface area (Å²) >= 11 is 0. The van der Waals surface area contributed by atoms with Gasteiger partial charge in [-0.3, -0.25) is 0 Å². The lowest BCUT2D eigenvalue weighted by molar-refractivity contribution is 0.407. The average Bonchev–Trinajstić information content (AvgIpc) is 2.39. The summed E-state index contributed by atoms with van der Waals surface area (Å²) in [5.74, 6) is 1.62. The maximum Gasteiger partial charge on any atom is 0.153 e. The van der Waals surface area contributed by atoms with Crippen molar-refractivity contribution in [1.29, 1.82) is 0 Å². The molecule has 19 heavy (non-hydrogen) atoms. The lowest BCUT2D eigenvalue weighted by Crippen LogP contribution is -2.02. The molecule has 0 spiro atoms. The predicted octanol–water partition coefficient (Wildman–Crippen LogP) is 2.56. The lowest BCUT2D eigenvalue weighted by atomic mass is 9.95. The number of aromatic nitrogens is 3. The van der Waals surface area contributed by atoms with Gasteiger partial charge in [-0.1, -0.05) is 13.8 Å². The number of hydrogen-bond donors (Lipinski definition) is 1. The van der Waals surface area contributed by atoms with E-state index < -0.39 is 0 Å². The van der Waals surface area contributed by atoms with Gasteiger partial charge in [0.25, 0.3) is 0 Å². The summed E-state index contributed by atoms with van der Waals surface area (Å²) < 4.78 is 5.43. The lowest BCUT2D eigenvalue weighted by Gasteiger charge is -2.16. The Morgan fingerprint density at radius 3 is 2.58 bits per heavy atom. The second-order valence-electron chi connectivity index (χ2n) is 4.76. The van der Waals surface area contributed by atoms with E-state index in [4.69, 9.17) is 10.5 Å². The molecule has 0 saturated heterocycles. The van der Waals surface area contributed by atoms with E-state index in [2.05, 4.69) is 35.1 Å². The molecule has 0 aliphatic heterocycles. The van der Waals surface area contributed by atoms with E-state index in [-0.39, 0.29) is 0 Å².